The Balaban J connectivity index is 2.47. The number of rotatable bonds is 2. The molecule has 4 nitrogen and oxygen atoms in total. The number of carbonyl (C=O) groups is 1. The summed E-state index contributed by atoms with van der Waals surface area (Å²) >= 11 is 4.56. The largest absolute Gasteiger partial charge is 0.347 e. The summed E-state index contributed by atoms with van der Waals surface area (Å²) in [7, 11) is 0. The van der Waals surface area contributed by atoms with E-state index in [0.29, 0.717) is 16.3 Å². The number of amides is 1. The molecule has 0 aliphatic carbocycles. The van der Waals surface area contributed by atoms with Gasteiger partial charge in [-0.15, -0.1) is 12.6 Å². The van der Waals surface area contributed by atoms with E-state index >= 15 is 0 Å². The molecule has 1 N–H and O–H groups in total. The molecule has 0 spiro atoms. The standard InChI is InChI=1S/C18H23N3OS/c1-10-9-11(2)20-16(19-10)13-7-8-14(15(23)12(13)3)17(22)21-18(4,5)6/h7-9,23H,1-6H3,(H,21,22). The molecule has 23 heavy (non-hydrogen) atoms. The second kappa shape index (κ2) is 6.32. The first-order chi connectivity index (χ1) is 10.6. The number of benzene rings is 1. The minimum absolute atomic E-state index is 0.126. The van der Waals surface area contributed by atoms with Crippen molar-refractivity contribution >= 4 is 18.5 Å². The zero-order chi connectivity index (χ0) is 17.4. The smallest absolute Gasteiger partial charge is 0.252 e. The van der Waals surface area contributed by atoms with Crippen LogP contribution in [0.3, 0.4) is 0 Å². The van der Waals surface area contributed by atoms with Crippen molar-refractivity contribution in [3.8, 4) is 11.4 Å². The van der Waals surface area contributed by atoms with Gasteiger partial charge in [0.25, 0.3) is 5.91 Å². The molecule has 0 fully saturated rings. The number of carbonyl (C=O) groups excluding carboxylic acids is 1. The summed E-state index contributed by atoms with van der Waals surface area (Å²) in [5.74, 6) is 0.538. The molecule has 1 aromatic carbocycles. The van der Waals surface area contributed by atoms with Gasteiger partial charge < -0.3 is 5.32 Å². The number of nitrogens with zero attached hydrogens (tertiary/aromatic N) is 2. The number of nitrogens with one attached hydrogen (secondary N) is 1. The van der Waals surface area contributed by atoms with Crippen LogP contribution in [0.2, 0.25) is 0 Å². The molecule has 1 aromatic heterocycles. The van der Waals surface area contributed by atoms with Crippen LogP contribution in [0.4, 0.5) is 0 Å². The molecule has 0 saturated carbocycles. The first kappa shape index (κ1) is 17.5. The van der Waals surface area contributed by atoms with Crippen LogP contribution in [0.5, 0.6) is 0 Å². The summed E-state index contributed by atoms with van der Waals surface area (Å²) in [5.41, 5.74) is 3.91. The Morgan fingerprint density at radius 3 is 2.17 bits per heavy atom. The van der Waals surface area contributed by atoms with Crippen LogP contribution >= 0.6 is 12.6 Å². The third-order valence-corrected chi connectivity index (χ3v) is 3.96. The molecule has 0 radical (unpaired) electrons. The van der Waals surface area contributed by atoms with E-state index in [2.05, 4.69) is 27.9 Å². The Morgan fingerprint density at radius 2 is 1.65 bits per heavy atom. The number of hydrogen-bond acceptors (Lipinski definition) is 4. The highest BCUT2D eigenvalue weighted by atomic mass is 32.1. The van der Waals surface area contributed by atoms with Gasteiger partial charge >= 0.3 is 0 Å². The molecule has 0 aliphatic rings. The molecule has 0 saturated heterocycles. The fraction of sp³-hybridized carbons (Fsp3) is 0.389. The van der Waals surface area contributed by atoms with E-state index in [4.69, 9.17) is 0 Å². The van der Waals surface area contributed by atoms with Crippen LogP contribution < -0.4 is 5.32 Å². The fourth-order valence-corrected chi connectivity index (χ4v) is 2.68. The lowest BCUT2D eigenvalue weighted by molar-refractivity contribution is 0.0916. The van der Waals surface area contributed by atoms with Crippen molar-refractivity contribution < 1.29 is 4.79 Å². The normalized spacial score (nSPS) is 11.4. The minimum Gasteiger partial charge on any atom is -0.347 e. The Kier molecular flexibility index (Phi) is 4.80. The van der Waals surface area contributed by atoms with E-state index in [1.807, 2.05) is 53.7 Å². The lowest BCUT2D eigenvalue weighted by atomic mass is 10.0. The molecular formula is C18H23N3OS. The van der Waals surface area contributed by atoms with E-state index in [1.54, 1.807) is 6.07 Å². The quantitative estimate of drug-likeness (QED) is 0.822. The van der Waals surface area contributed by atoms with Crippen LogP contribution in [0.1, 0.15) is 48.1 Å². The van der Waals surface area contributed by atoms with E-state index in [9.17, 15) is 4.79 Å². The van der Waals surface area contributed by atoms with E-state index in [1.165, 1.54) is 0 Å². The summed E-state index contributed by atoms with van der Waals surface area (Å²) in [5, 5.41) is 2.96. The molecule has 0 atom stereocenters. The molecule has 2 aromatic rings. The zero-order valence-corrected chi connectivity index (χ0v) is 15.4. The fourth-order valence-electron chi connectivity index (χ4n) is 2.38. The third-order valence-electron chi connectivity index (χ3n) is 3.39. The summed E-state index contributed by atoms with van der Waals surface area (Å²) in [4.78, 5) is 22.0. The Morgan fingerprint density at radius 1 is 1.09 bits per heavy atom. The number of aromatic nitrogens is 2. The van der Waals surface area contributed by atoms with Gasteiger partial charge in [-0.1, -0.05) is 6.07 Å². The van der Waals surface area contributed by atoms with E-state index < -0.39 is 0 Å². The molecule has 0 unspecified atom stereocenters. The number of thiol groups is 1. The second-order valence-corrected chi connectivity index (χ2v) is 7.26. The monoisotopic (exact) mass is 329 g/mol. The minimum atomic E-state index is -0.291. The van der Waals surface area contributed by atoms with Gasteiger partial charge in [0.1, 0.15) is 0 Å². The Labute approximate surface area is 143 Å². The molecule has 0 aliphatic heterocycles. The maximum atomic E-state index is 12.4. The second-order valence-electron chi connectivity index (χ2n) is 6.81. The average Bonchev–Trinajstić information content (AvgIpc) is 2.38. The maximum Gasteiger partial charge on any atom is 0.252 e. The van der Waals surface area contributed by atoms with Gasteiger partial charge in [0.05, 0.1) is 5.56 Å². The van der Waals surface area contributed by atoms with Crippen LogP contribution in [0.15, 0.2) is 23.1 Å². The van der Waals surface area contributed by atoms with Crippen molar-refractivity contribution in [3.63, 3.8) is 0 Å². The van der Waals surface area contributed by atoms with Crippen molar-refractivity contribution in [2.24, 2.45) is 0 Å². The molecule has 122 valence electrons. The van der Waals surface area contributed by atoms with Crippen molar-refractivity contribution in [3.05, 3.63) is 40.7 Å². The molecule has 0 bridgehead atoms. The predicted octanol–water partition coefficient (Wildman–Crippen LogP) is 3.89. The summed E-state index contributed by atoms with van der Waals surface area (Å²) in [6, 6.07) is 5.61. The topological polar surface area (TPSA) is 54.9 Å². The van der Waals surface area contributed by atoms with E-state index in [0.717, 1.165) is 22.5 Å². The molecule has 2 rings (SSSR count). The predicted molar refractivity (Wildman–Crippen MR) is 96.2 cm³/mol. The van der Waals surface area contributed by atoms with Gasteiger partial charge in [-0.05, 0) is 59.2 Å². The first-order valence-corrected chi connectivity index (χ1v) is 8.01. The van der Waals surface area contributed by atoms with Crippen LogP contribution in [-0.2, 0) is 0 Å². The molecule has 1 heterocycles. The van der Waals surface area contributed by atoms with Crippen LogP contribution in [-0.4, -0.2) is 21.4 Å². The van der Waals surface area contributed by atoms with Crippen LogP contribution in [0.25, 0.3) is 11.4 Å². The maximum absolute atomic E-state index is 12.4. The van der Waals surface area contributed by atoms with Gasteiger partial charge in [0.2, 0.25) is 0 Å². The number of hydrogen-bond donors (Lipinski definition) is 2. The van der Waals surface area contributed by atoms with Gasteiger partial charge in [0, 0.05) is 27.4 Å². The first-order valence-electron chi connectivity index (χ1n) is 7.56. The lowest BCUT2D eigenvalue weighted by Gasteiger charge is -2.21. The Bertz CT molecular complexity index is 743. The summed E-state index contributed by atoms with van der Waals surface area (Å²) in [6.45, 7) is 11.7. The SMILES string of the molecule is Cc1cc(C)nc(-c2ccc(C(=O)NC(C)(C)C)c(S)c2C)n1. The zero-order valence-electron chi connectivity index (χ0n) is 14.5. The van der Waals surface area contributed by atoms with Crippen molar-refractivity contribution in [1.29, 1.82) is 0 Å². The average molecular weight is 329 g/mol. The summed E-state index contributed by atoms with van der Waals surface area (Å²) in [6.07, 6.45) is 0. The highest BCUT2D eigenvalue weighted by Gasteiger charge is 2.20. The molecule has 5 heteroatoms. The van der Waals surface area contributed by atoms with Gasteiger partial charge in [-0.25, -0.2) is 9.97 Å². The van der Waals surface area contributed by atoms with Crippen molar-refractivity contribution in [1.82, 2.24) is 15.3 Å². The van der Waals surface area contributed by atoms with Crippen molar-refractivity contribution in [2.45, 2.75) is 52.0 Å². The summed E-state index contributed by atoms with van der Waals surface area (Å²) < 4.78 is 0. The van der Waals surface area contributed by atoms with Gasteiger partial charge in [-0.2, -0.15) is 0 Å². The highest BCUT2D eigenvalue weighted by molar-refractivity contribution is 7.80. The van der Waals surface area contributed by atoms with Gasteiger partial charge in [-0.3, -0.25) is 4.79 Å². The van der Waals surface area contributed by atoms with E-state index in [-0.39, 0.29) is 11.4 Å². The van der Waals surface area contributed by atoms with Crippen molar-refractivity contribution in [2.75, 3.05) is 0 Å². The lowest BCUT2D eigenvalue weighted by Crippen LogP contribution is -2.40. The Hall–Kier alpha value is -1.88. The third kappa shape index (κ3) is 4.10. The van der Waals surface area contributed by atoms with Crippen LogP contribution in [0, 0.1) is 20.8 Å². The molecule has 1 amide bonds. The molecular weight excluding hydrogens is 306 g/mol. The number of aryl methyl sites for hydroxylation is 2. The van der Waals surface area contributed by atoms with Gasteiger partial charge in [0.15, 0.2) is 5.82 Å². The highest BCUT2D eigenvalue weighted by Crippen LogP contribution is 2.28.